The molecule has 0 bridgehead atoms. The van der Waals surface area contributed by atoms with Gasteiger partial charge in [0.25, 0.3) is 5.91 Å². The fourth-order valence-electron chi connectivity index (χ4n) is 2.05. The molecule has 6 N–H and O–H groups in total. The summed E-state index contributed by atoms with van der Waals surface area (Å²) in [6.07, 6.45) is -6.72. The van der Waals surface area contributed by atoms with Crippen molar-refractivity contribution >= 4 is 15.2 Å². The van der Waals surface area contributed by atoms with Crippen LogP contribution in [-0.4, -0.2) is 91.5 Å². The van der Waals surface area contributed by atoms with Crippen molar-refractivity contribution in [1.82, 2.24) is 5.32 Å². The molecule has 10 heteroatoms. The van der Waals surface area contributed by atoms with Gasteiger partial charge in [-0.3, -0.25) is 4.79 Å². The molecule has 0 heterocycles. The van der Waals surface area contributed by atoms with Crippen molar-refractivity contribution in [1.29, 1.82) is 0 Å². The topological polar surface area (TPSA) is 149 Å². The molecule has 0 spiro atoms. The number of hydrogen-bond donors (Lipinski definition) is 6. The molecule has 0 aliphatic carbocycles. The van der Waals surface area contributed by atoms with Gasteiger partial charge in [-0.2, -0.15) is 0 Å². The summed E-state index contributed by atoms with van der Waals surface area (Å²) in [7, 11) is -1.83. The average molecular weight is 369 g/mol. The van der Waals surface area contributed by atoms with Crippen LogP contribution in [0.4, 0.5) is 0 Å². The van der Waals surface area contributed by atoms with E-state index >= 15 is 0 Å². The second-order valence-corrected chi connectivity index (χ2v) is 8.05. The molecular weight excluding hydrogens is 338 g/mol. The van der Waals surface area contributed by atoms with E-state index in [4.69, 9.17) is 14.0 Å². The molecule has 0 aromatic carbocycles. The monoisotopic (exact) mass is 369 g/mol. The van der Waals surface area contributed by atoms with Gasteiger partial charge >= 0.3 is 9.28 Å². The van der Waals surface area contributed by atoms with E-state index in [1.807, 2.05) is 20.8 Å². The first-order valence-electron chi connectivity index (χ1n) is 8.14. The Labute approximate surface area is 144 Å². The minimum Gasteiger partial charge on any atom is -0.397 e. The Morgan fingerprint density at radius 2 is 1.62 bits per heavy atom. The smallest absolute Gasteiger partial charge is 0.324 e. The molecule has 1 amide bonds. The number of carbonyl (C=O) groups is 1. The molecule has 0 aromatic heterocycles. The van der Waals surface area contributed by atoms with Gasteiger partial charge in [0.15, 0.2) is 6.10 Å². The summed E-state index contributed by atoms with van der Waals surface area (Å²) in [6, 6.07) is 0. The first-order chi connectivity index (χ1) is 11.3. The van der Waals surface area contributed by atoms with Gasteiger partial charge in [0.2, 0.25) is 0 Å². The minimum absolute atomic E-state index is 0.133. The number of rotatable bonds is 13. The van der Waals surface area contributed by atoms with Crippen molar-refractivity contribution < 1.29 is 39.2 Å². The quantitative estimate of drug-likeness (QED) is 0.197. The summed E-state index contributed by atoms with van der Waals surface area (Å²) in [5.74, 6) is -0.870. The predicted octanol–water partition coefficient (Wildman–Crippen LogP) is -2.39. The van der Waals surface area contributed by atoms with Gasteiger partial charge in [0.05, 0.1) is 6.61 Å². The standard InChI is InChI=1S/C14H31NO8Si/c1-4-22-24(23-5-2)9(3)6-7-15-14(21)13(20)12(19)11(18)10(17)8-16/h9-13,16-20,24H,4-8H2,1-3H3,(H,15,21)/t9?,10-,11-,12+,13-/m1/s1. The molecule has 24 heavy (non-hydrogen) atoms. The summed E-state index contributed by atoms with van der Waals surface area (Å²) >= 11 is 0. The van der Waals surface area contributed by atoms with Crippen LogP contribution in [0.25, 0.3) is 0 Å². The maximum Gasteiger partial charge on any atom is 0.324 e. The van der Waals surface area contributed by atoms with E-state index in [1.165, 1.54) is 0 Å². The van der Waals surface area contributed by atoms with Crippen molar-refractivity contribution in [3.8, 4) is 0 Å². The Balaban J connectivity index is 4.32. The normalized spacial score (nSPS) is 18.0. The zero-order chi connectivity index (χ0) is 18.7. The van der Waals surface area contributed by atoms with Crippen molar-refractivity contribution in [2.75, 3.05) is 26.4 Å². The first-order valence-corrected chi connectivity index (χ1v) is 9.75. The number of amides is 1. The van der Waals surface area contributed by atoms with Gasteiger partial charge in [0.1, 0.15) is 18.3 Å². The lowest BCUT2D eigenvalue weighted by Gasteiger charge is -2.25. The van der Waals surface area contributed by atoms with E-state index in [-0.39, 0.29) is 12.1 Å². The molecule has 0 radical (unpaired) electrons. The van der Waals surface area contributed by atoms with Crippen LogP contribution in [0.3, 0.4) is 0 Å². The SMILES string of the molecule is CCO[SiH](OCC)C(C)CCNC(=O)[C@H](O)[C@@H](O)[C@H](O)[C@H](O)CO. The fraction of sp³-hybridized carbons (Fsp3) is 0.929. The van der Waals surface area contributed by atoms with E-state index in [0.29, 0.717) is 19.6 Å². The number of nitrogens with one attached hydrogen (secondary N) is 1. The zero-order valence-corrected chi connectivity index (χ0v) is 15.6. The fourth-order valence-corrected chi connectivity index (χ4v) is 3.90. The van der Waals surface area contributed by atoms with Crippen molar-refractivity contribution in [2.24, 2.45) is 0 Å². The largest absolute Gasteiger partial charge is 0.397 e. The molecule has 9 nitrogen and oxygen atoms in total. The Hall–Kier alpha value is -0.593. The third-order valence-corrected chi connectivity index (χ3v) is 6.14. The Morgan fingerprint density at radius 3 is 2.08 bits per heavy atom. The molecular formula is C14H31NO8Si. The summed E-state index contributed by atoms with van der Waals surface area (Å²) < 4.78 is 11.2. The highest BCUT2D eigenvalue weighted by Gasteiger charge is 2.34. The van der Waals surface area contributed by atoms with Crippen molar-refractivity contribution in [3.63, 3.8) is 0 Å². The van der Waals surface area contributed by atoms with Crippen LogP contribution in [0, 0.1) is 0 Å². The molecule has 0 saturated heterocycles. The summed E-state index contributed by atoms with van der Waals surface area (Å²) in [6.45, 7) is 6.29. The molecule has 5 atom stereocenters. The van der Waals surface area contributed by atoms with Gasteiger partial charge in [-0.1, -0.05) is 6.92 Å². The molecule has 0 rings (SSSR count). The van der Waals surface area contributed by atoms with Gasteiger partial charge in [-0.25, -0.2) is 0 Å². The van der Waals surface area contributed by atoms with Gasteiger partial charge in [-0.05, 0) is 25.8 Å². The highest BCUT2D eigenvalue weighted by Crippen LogP contribution is 2.16. The molecule has 144 valence electrons. The Kier molecular flexibility index (Phi) is 12.4. The molecule has 0 aromatic rings. The van der Waals surface area contributed by atoms with Crippen LogP contribution in [-0.2, 0) is 13.6 Å². The average Bonchev–Trinajstić information content (AvgIpc) is 2.58. The Morgan fingerprint density at radius 1 is 1.08 bits per heavy atom. The van der Waals surface area contributed by atoms with Crippen molar-refractivity contribution in [3.05, 3.63) is 0 Å². The molecule has 1 unspecified atom stereocenters. The third-order valence-electron chi connectivity index (χ3n) is 3.55. The molecule has 0 aliphatic rings. The van der Waals surface area contributed by atoms with Crippen LogP contribution < -0.4 is 5.32 Å². The highest BCUT2D eigenvalue weighted by atomic mass is 28.3. The maximum atomic E-state index is 11.8. The predicted molar refractivity (Wildman–Crippen MR) is 88.6 cm³/mol. The van der Waals surface area contributed by atoms with E-state index in [1.54, 1.807) is 0 Å². The highest BCUT2D eigenvalue weighted by molar-refractivity contribution is 6.46. The number of aliphatic hydroxyl groups excluding tert-OH is 5. The Bertz CT molecular complexity index is 343. The number of aliphatic hydroxyl groups is 5. The van der Waals surface area contributed by atoms with Crippen molar-refractivity contribution in [2.45, 2.75) is 57.1 Å². The summed E-state index contributed by atoms with van der Waals surface area (Å²) in [4.78, 5) is 11.8. The maximum absolute atomic E-state index is 11.8. The molecule has 0 saturated carbocycles. The van der Waals surface area contributed by atoms with Gasteiger partial charge in [0, 0.05) is 19.8 Å². The lowest BCUT2D eigenvalue weighted by atomic mass is 10.0. The van der Waals surface area contributed by atoms with Crippen LogP contribution in [0.2, 0.25) is 5.54 Å². The van der Waals surface area contributed by atoms with E-state index < -0.39 is 46.2 Å². The number of carbonyl (C=O) groups excluding carboxylic acids is 1. The zero-order valence-electron chi connectivity index (χ0n) is 14.5. The van der Waals surface area contributed by atoms with Crippen LogP contribution >= 0.6 is 0 Å². The van der Waals surface area contributed by atoms with Crippen LogP contribution in [0.5, 0.6) is 0 Å². The second kappa shape index (κ2) is 12.7. The third kappa shape index (κ3) is 7.99. The minimum atomic E-state index is -1.91. The summed E-state index contributed by atoms with van der Waals surface area (Å²) in [5, 5.41) is 49.2. The second-order valence-electron chi connectivity index (χ2n) is 5.51. The van der Waals surface area contributed by atoms with Gasteiger partial charge in [-0.15, -0.1) is 0 Å². The van der Waals surface area contributed by atoms with Crippen LogP contribution in [0.15, 0.2) is 0 Å². The van der Waals surface area contributed by atoms with Crippen LogP contribution in [0.1, 0.15) is 27.2 Å². The van der Waals surface area contributed by atoms with Gasteiger partial charge < -0.3 is 39.7 Å². The van der Waals surface area contributed by atoms with E-state index in [9.17, 15) is 25.2 Å². The lowest BCUT2D eigenvalue weighted by molar-refractivity contribution is -0.148. The number of hydrogen-bond acceptors (Lipinski definition) is 8. The van der Waals surface area contributed by atoms with E-state index in [2.05, 4.69) is 5.32 Å². The first kappa shape index (κ1) is 23.4. The summed E-state index contributed by atoms with van der Waals surface area (Å²) in [5.41, 5.74) is 0.133. The van der Waals surface area contributed by atoms with E-state index in [0.717, 1.165) is 0 Å². The lowest BCUT2D eigenvalue weighted by Crippen LogP contribution is -2.51. The molecule has 0 fully saturated rings. The molecule has 0 aliphatic heterocycles.